The second kappa shape index (κ2) is 12.7. The summed E-state index contributed by atoms with van der Waals surface area (Å²) < 4.78 is 2.51. The first-order valence-electron chi connectivity index (χ1n) is 16.0. The summed E-state index contributed by atoms with van der Waals surface area (Å²) in [6.45, 7) is 15.5. The number of aryl methyl sites for hydroxylation is 1. The molecule has 0 atom stereocenters. The monoisotopic (exact) mass is 548 g/mol. The highest BCUT2D eigenvalue weighted by Gasteiger charge is 2.42. The molecule has 0 amide bonds. The third-order valence-corrected chi connectivity index (χ3v) is 9.24. The maximum absolute atomic E-state index is 5.39. The molecule has 0 N–H and O–H groups in total. The van der Waals surface area contributed by atoms with Crippen LogP contribution in [-0.2, 0) is 16.8 Å². The Bertz CT molecular complexity index is 1560. The number of aromatic nitrogens is 1. The highest BCUT2D eigenvalue weighted by Crippen LogP contribution is 2.55. The van der Waals surface area contributed by atoms with E-state index in [2.05, 4.69) is 91.7 Å². The van der Waals surface area contributed by atoms with E-state index >= 15 is 0 Å². The summed E-state index contributed by atoms with van der Waals surface area (Å²) in [5, 5.41) is 6.93. The molecule has 3 aromatic carbocycles. The molecule has 0 spiro atoms. The number of hydrogen-bond acceptors (Lipinski definition) is 2. The zero-order chi connectivity index (χ0) is 29.0. The van der Waals surface area contributed by atoms with Gasteiger partial charge in [-0.15, -0.1) is 0 Å². The molecule has 0 fully saturated rings. The maximum atomic E-state index is 5.39. The summed E-state index contributed by atoms with van der Waals surface area (Å²) in [5.41, 5.74) is 10.7. The van der Waals surface area contributed by atoms with Gasteiger partial charge in [-0.3, -0.25) is 0 Å². The second-order valence-electron chi connectivity index (χ2n) is 12.1. The molecule has 1 heterocycles. The topological polar surface area (TPSA) is 26.5 Å². The quantitative estimate of drug-likeness (QED) is 0.0666. The van der Waals surface area contributed by atoms with Gasteiger partial charge >= 0.3 is 0 Å². The zero-order valence-corrected chi connectivity index (χ0v) is 26.0. The standard InChI is InChI=1S/C38H48N2O/c1-7-10-12-16-22-38(23-17-13-11-8-2)34-19-15-14-18-30(34)31-25-33-32-24-29(28(6)39-41-27(4)5)20-21-36(32)40(9-3)37(33)26-35(31)38/h14-15,18-21,24-26H,4,7-13,16-17,22-23H2,1-3,5-6H3/b39-28+. The van der Waals surface area contributed by atoms with Crippen LogP contribution >= 0.6 is 0 Å². The van der Waals surface area contributed by atoms with Crippen molar-refractivity contribution >= 4 is 27.5 Å². The maximum Gasteiger partial charge on any atom is 0.124 e. The van der Waals surface area contributed by atoms with Crippen molar-refractivity contribution in [3.8, 4) is 11.1 Å². The first-order valence-corrected chi connectivity index (χ1v) is 16.0. The van der Waals surface area contributed by atoms with Gasteiger partial charge in [-0.05, 0) is 85.7 Å². The average molecular weight is 549 g/mol. The van der Waals surface area contributed by atoms with Gasteiger partial charge in [0.2, 0.25) is 0 Å². The Hall–Kier alpha value is -3.33. The molecule has 1 aliphatic rings. The molecule has 1 aliphatic carbocycles. The Kier molecular flexibility index (Phi) is 9.02. The number of allylic oxidation sites excluding steroid dienone is 1. The fourth-order valence-corrected chi connectivity index (χ4v) is 7.18. The van der Waals surface area contributed by atoms with Crippen molar-refractivity contribution in [2.24, 2.45) is 5.16 Å². The minimum absolute atomic E-state index is 0.102. The molecule has 5 rings (SSSR count). The number of benzene rings is 3. The number of fused-ring (bicyclic) bond motifs is 6. The van der Waals surface area contributed by atoms with Crippen LogP contribution in [0.2, 0.25) is 0 Å². The third kappa shape index (κ3) is 5.48. The number of rotatable bonds is 14. The molecular formula is C38H48N2O. The predicted octanol–water partition coefficient (Wildman–Crippen LogP) is 11.3. The Balaban J connectivity index is 1.70. The molecule has 41 heavy (non-hydrogen) atoms. The Labute approximate surface area is 247 Å². The van der Waals surface area contributed by atoms with Crippen LogP contribution in [0.25, 0.3) is 32.9 Å². The van der Waals surface area contributed by atoms with Gasteiger partial charge in [-0.1, -0.05) is 107 Å². The summed E-state index contributed by atoms with van der Waals surface area (Å²) in [6.07, 6.45) is 12.9. The van der Waals surface area contributed by atoms with Crippen molar-refractivity contribution in [3.05, 3.63) is 83.6 Å². The lowest BCUT2D eigenvalue weighted by Crippen LogP contribution is -2.25. The van der Waals surface area contributed by atoms with Crippen LogP contribution in [0.1, 0.15) is 116 Å². The van der Waals surface area contributed by atoms with Gasteiger partial charge in [0.15, 0.2) is 0 Å². The lowest BCUT2D eigenvalue weighted by molar-refractivity contribution is 0.231. The molecule has 3 nitrogen and oxygen atoms in total. The molecule has 3 heteroatoms. The third-order valence-electron chi connectivity index (χ3n) is 9.24. The first-order chi connectivity index (χ1) is 19.9. The van der Waals surface area contributed by atoms with E-state index in [1.165, 1.54) is 97.1 Å². The highest BCUT2D eigenvalue weighted by molar-refractivity contribution is 6.13. The van der Waals surface area contributed by atoms with Crippen molar-refractivity contribution in [3.63, 3.8) is 0 Å². The molecular weight excluding hydrogens is 500 g/mol. The number of hydrogen-bond donors (Lipinski definition) is 0. The molecule has 1 aromatic heterocycles. The zero-order valence-electron chi connectivity index (χ0n) is 26.0. The molecule has 0 unspecified atom stereocenters. The van der Waals surface area contributed by atoms with E-state index in [4.69, 9.17) is 4.84 Å². The fraction of sp³-hybridized carbons (Fsp3) is 0.447. The van der Waals surface area contributed by atoms with Crippen LogP contribution in [0.15, 0.2) is 72.1 Å². The minimum atomic E-state index is 0.102. The molecule has 216 valence electrons. The van der Waals surface area contributed by atoms with Crippen LogP contribution in [0, 0.1) is 0 Å². The second-order valence-corrected chi connectivity index (χ2v) is 12.1. The first kappa shape index (κ1) is 29.2. The Morgan fingerprint density at radius 1 is 0.756 bits per heavy atom. The number of oxime groups is 1. The van der Waals surface area contributed by atoms with Crippen molar-refractivity contribution in [2.45, 2.75) is 111 Å². The summed E-state index contributed by atoms with van der Waals surface area (Å²) >= 11 is 0. The van der Waals surface area contributed by atoms with Gasteiger partial charge in [0.1, 0.15) is 5.76 Å². The van der Waals surface area contributed by atoms with Gasteiger partial charge in [0, 0.05) is 33.8 Å². The van der Waals surface area contributed by atoms with Crippen LogP contribution < -0.4 is 0 Å². The van der Waals surface area contributed by atoms with E-state index in [9.17, 15) is 0 Å². The minimum Gasteiger partial charge on any atom is -0.362 e. The van der Waals surface area contributed by atoms with E-state index in [0.29, 0.717) is 5.76 Å². The highest BCUT2D eigenvalue weighted by atomic mass is 16.6. The van der Waals surface area contributed by atoms with Gasteiger partial charge in [0.25, 0.3) is 0 Å². The summed E-state index contributed by atoms with van der Waals surface area (Å²) in [7, 11) is 0. The van der Waals surface area contributed by atoms with Crippen LogP contribution in [0.5, 0.6) is 0 Å². The smallest absolute Gasteiger partial charge is 0.124 e. The SMILES string of the molecule is C=C(C)O/N=C(\C)c1ccc2c(c1)c1cc3c(cc1n2CC)C(CCCCCC)(CCCCCC)c1ccccc1-3. The van der Waals surface area contributed by atoms with E-state index < -0.39 is 0 Å². The van der Waals surface area contributed by atoms with Crippen LogP contribution in [0.4, 0.5) is 0 Å². The Morgan fingerprint density at radius 3 is 2.10 bits per heavy atom. The van der Waals surface area contributed by atoms with Crippen molar-refractivity contribution in [1.82, 2.24) is 4.57 Å². The number of unbranched alkanes of at least 4 members (excludes halogenated alkanes) is 6. The molecule has 0 radical (unpaired) electrons. The molecule has 0 bridgehead atoms. The average Bonchev–Trinajstić information content (AvgIpc) is 3.44. The number of nitrogens with zero attached hydrogens (tertiary/aromatic N) is 2. The van der Waals surface area contributed by atoms with Crippen molar-refractivity contribution < 1.29 is 4.84 Å². The van der Waals surface area contributed by atoms with Gasteiger partial charge < -0.3 is 9.40 Å². The summed E-state index contributed by atoms with van der Waals surface area (Å²) in [5.74, 6) is 0.593. The van der Waals surface area contributed by atoms with Gasteiger partial charge in [0.05, 0.1) is 5.71 Å². The van der Waals surface area contributed by atoms with E-state index in [1.807, 2.05) is 13.8 Å². The Morgan fingerprint density at radius 2 is 1.44 bits per heavy atom. The van der Waals surface area contributed by atoms with Gasteiger partial charge in [-0.25, -0.2) is 0 Å². The lowest BCUT2D eigenvalue weighted by Gasteiger charge is -2.33. The van der Waals surface area contributed by atoms with E-state index in [0.717, 1.165) is 17.8 Å². The normalized spacial score (nSPS) is 14.0. The predicted molar refractivity (Wildman–Crippen MR) is 177 cm³/mol. The fourth-order valence-electron chi connectivity index (χ4n) is 7.18. The van der Waals surface area contributed by atoms with Crippen LogP contribution in [0.3, 0.4) is 0 Å². The molecule has 0 aliphatic heterocycles. The molecule has 0 saturated carbocycles. The summed E-state index contributed by atoms with van der Waals surface area (Å²) in [4.78, 5) is 5.39. The van der Waals surface area contributed by atoms with E-state index in [-0.39, 0.29) is 5.41 Å². The molecule has 0 saturated heterocycles. The molecule has 4 aromatic rings. The van der Waals surface area contributed by atoms with Gasteiger partial charge in [-0.2, -0.15) is 0 Å². The summed E-state index contributed by atoms with van der Waals surface area (Å²) in [6, 6.07) is 21.1. The lowest BCUT2D eigenvalue weighted by atomic mass is 9.70. The van der Waals surface area contributed by atoms with Crippen molar-refractivity contribution in [1.29, 1.82) is 0 Å². The van der Waals surface area contributed by atoms with Crippen molar-refractivity contribution in [2.75, 3.05) is 0 Å². The van der Waals surface area contributed by atoms with E-state index in [1.54, 1.807) is 11.1 Å². The van der Waals surface area contributed by atoms with Crippen LogP contribution in [-0.4, -0.2) is 10.3 Å². The largest absolute Gasteiger partial charge is 0.362 e.